The molecule has 0 radical (unpaired) electrons. The zero-order valence-corrected chi connectivity index (χ0v) is 9.68. The molecule has 2 amide bonds. The van der Waals surface area contributed by atoms with Crippen molar-refractivity contribution in [3.05, 3.63) is 35.9 Å². The first-order valence-corrected chi connectivity index (χ1v) is 5.35. The van der Waals surface area contributed by atoms with Crippen LogP contribution in [0.4, 0.5) is 9.59 Å². The van der Waals surface area contributed by atoms with Gasteiger partial charge in [-0.05, 0) is 5.56 Å². The molecule has 1 aromatic rings. The van der Waals surface area contributed by atoms with Gasteiger partial charge in [-0.1, -0.05) is 30.3 Å². The first kappa shape index (κ1) is 13.8. The highest BCUT2D eigenvalue weighted by Crippen LogP contribution is 2.00. The van der Waals surface area contributed by atoms with Crippen molar-refractivity contribution in [3.63, 3.8) is 0 Å². The van der Waals surface area contributed by atoms with Crippen molar-refractivity contribution < 1.29 is 19.4 Å². The van der Waals surface area contributed by atoms with Crippen molar-refractivity contribution in [2.45, 2.75) is 6.61 Å². The van der Waals surface area contributed by atoms with Crippen molar-refractivity contribution in [2.24, 2.45) is 0 Å². The predicted octanol–water partition coefficient (Wildman–Crippen LogP) is 0.685. The fraction of sp³-hybridized carbons (Fsp3) is 0.273. The van der Waals surface area contributed by atoms with E-state index >= 15 is 0 Å². The van der Waals surface area contributed by atoms with Gasteiger partial charge in [0, 0.05) is 13.1 Å². The summed E-state index contributed by atoms with van der Waals surface area (Å²) in [6.07, 6.45) is -1.72. The normalized spacial score (nSPS) is 9.56. The van der Waals surface area contributed by atoms with E-state index in [1.165, 1.54) is 0 Å². The summed E-state index contributed by atoms with van der Waals surface area (Å²) in [6, 6.07) is 9.30. The summed E-state index contributed by atoms with van der Waals surface area (Å²) in [6.45, 7) is 0.730. The van der Waals surface area contributed by atoms with Crippen LogP contribution < -0.4 is 16.2 Å². The number of alkyl carbamates (subject to hydrolysis) is 1. The average molecular weight is 253 g/mol. The topological polar surface area (TPSA) is 99.7 Å². The molecule has 0 atom stereocenters. The van der Waals surface area contributed by atoms with E-state index in [1.54, 1.807) is 0 Å². The van der Waals surface area contributed by atoms with Gasteiger partial charge >= 0.3 is 12.2 Å². The smallest absolute Gasteiger partial charge is 0.419 e. The Morgan fingerprint density at radius 3 is 2.56 bits per heavy atom. The van der Waals surface area contributed by atoms with E-state index in [4.69, 9.17) is 9.84 Å². The summed E-state index contributed by atoms with van der Waals surface area (Å²) in [5.41, 5.74) is 5.25. The molecule has 0 unspecified atom stereocenters. The Morgan fingerprint density at radius 1 is 1.17 bits per heavy atom. The average Bonchev–Trinajstić information content (AvgIpc) is 2.37. The third-order valence-electron chi connectivity index (χ3n) is 1.93. The monoisotopic (exact) mass is 253 g/mol. The molecule has 0 heterocycles. The molecule has 0 fully saturated rings. The molecule has 7 heteroatoms. The molecule has 0 aromatic heterocycles. The van der Waals surface area contributed by atoms with Crippen LogP contribution in [0.5, 0.6) is 0 Å². The zero-order valence-electron chi connectivity index (χ0n) is 9.68. The fourth-order valence-corrected chi connectivity index (χ4v) is 1.14. The number of hydrazine groups is 1. The van der Waals surface area contributed by atoms with E-state index in [0.717, 1.165) is 5.56 Å². The van der Waals surface area contributed by atoms with Crippen LogP contribution in [0, 0.1) is 0 Å². The van der Waals surface area contributed by atoms with E-state index in [0.29, 0.717) is 0 Å². The third-order valence-corrected chi connectivity index (χ3v) is 1.93. The first-order chi connectivity index (χ1) is 8.68. The molecule has 0 aliphatic heterocycles. The van der Waals surface area contributed by atoms with Gasteiger partial charge in [0.25, 0.3) is 0 Å². The van der Waals surface area contributed by atoms with Gasteiger partial charge in [0.1, 0.15) is 6.61 Å². The van der Waals surface area contributed by atoms with E-state index in [9.17, 15) is 9.59 Å². The Morgan fingerprint density at radius 2 is 1.89 bits per heavy atom. The van der Waals surface area contributed by atoms with Crippen molar-refractivity contribution in [1.29, 1.82) is 0 Å². The molecule has 0 aliphatic rings. The van der Waals surface area contributed by atoms with Gasteiger partial charge in [0.15, 0.2) is 0 Å². The largest absolute Gasteiger partial charge is 0.464 e. The lowest BCUT2D eigenvalue weighted by Crippen LogP contribution is -2.41. The maximum absolute atomic E-state index is 11.2. The van der Waals surface area contributed by atoms with E-state index < -0.39 is 12.2 Å². The summed E-state index contributed by atoms with van der Waals surface area (Å²) in [4.78, 5) is 21.3. The van der Waals surface area contributed by atoms with Gasteiger partial charge in [0.05, 0.1) is 0 Å². The lowest BCUT2D eigenvalue weighted by Gasteiger charge is -2.07. The lowest BCUT2D eigenvalue weighted by molar-refractivity contribution is 0.139. The van der Waals surface area contributed by atoms with Crippen molar-refractivity contribution >= 4 is 12.2 Å². The predicted molar refractivity (Wildman–Crippen MR) is 63.8 cm³/mol. The highest BCUT2D eigenvalue weighted by atomic mass is 16.5. The lowest BCUT2D eigenvalue weighted by atomic mass is 10.2. The van der Waals surface area contributed by atoms with Crippen LogP contribution >= 0.6 is 0 Å². The summed E-state index contributed by atoms with van der Waals surface area (Å²) in [7, 11) is 0. The molecule has 0 aliphatic carbocycles. The fourth-order valence-electron chi connectivity index (χ4n) is 1.14. The summed E-state index contributed by atoms with van der Waals surface area (Å²) in [5.74, 6) is 0. The Hall–Kier alpha value is -2.28. The SMILES string of the molecule is O=C(O)NNCCNC(=O)OCc1ccccc1. The molecule has 18 heavy (non-hydrogen) atoms. The molecule has 7 nitrogen and oxygen atoms in total. The van der Waals surface area contributed by atoms with E-state index in [1.807, 2.05) is 35.8 Å². The molecule has 98 valence electrons. The minimum absolute atomic E-state index is 0.202. The molecule has 1 rings (SSSR count). The van der Waals surface area contributed by atoms with Crippen LogP contribution in [0.2, 0.25) is 0 Å². The Balaban J connectivity index is 2.06. The quantitative estimate of drug-likeness (QED) is 0.441. The highest BCUT2D eigenvalue weighted by Gasteiger charge is 2.01. The number of hydrogen-bond acceptors (Lipinski definition) is 4. The minimum Gasteiger partial charge on any atom is -0.464 e. The van der Waals surface area contributed by atoms with Gasteiger partial charge in [-0.3, -0.25) is 5.43 Å². The minimum atomic E-state index is -1.18. The van der Waals surface area contributed by atoms with Gasteiger partial charge in [-0.25, -0.2) is 15.0 Å². The number of carbonyl (C=O) groups is 2. The second-order valence-electron chi connectivity index (χ2n) is 3.35. The second-order valence-corrected chi connectivity index (χ2v) is 3.35. The zero-order chi connectivity index (χ0) is 13.2. The summed E-state index contributed by atoms with van der Waals surface area (Å²) < 4.78 is 4.94. The van der Waals surface area contributed by atoms with Gasteiger partial charge < -0.3 is 15.2 Å². The van der Waals surface area contributed by atoms with Gasteiger partial charge in [-0.2, -0.15) is 0 Å². The van der Waals surface area contributed by atoms with Crippen LogP contribution in [0.15, 0.2) is 30.3 Å². The number of nitrogens with one attached hydrogen (secondary N) is 3. The van der Waals surface area contributed by atoms with Crippen LogP contribution in [0.25, 0.3) is 0 Å². The molecule has 0 spiro atoms. The van der Waals surface area contributed by atoms with Crippen LogP contribution in [-0.4, -0.2) is 30.4 Å². The number of carbonyl (C=O) groups excluding carboxylic acids is 1. The molecule has 0 saturated carbocycles. The molecule has 4 N–H and O–H groups in total. The summed E-state index contributed by atoms with van der Waals surface area (Å²) >= 11 is 0. The Labute approximate surface area is 104 Å². The number of amides is 2. The molecule has 0 bridgehead atoms. The van der Waals surface area contributed by atoms with Crippen LogP contribution in [-0.2, 0) is 11.3 Å². The van der Waals surface area contributed by atoms with Crippen LogP contribution in [0.3, 0.4) is 0 Å². The molecule has 0 saturated heterocycles. The molecular formula is C11H15N3O4. The second kappa shape index (κ2) is 7.91. The number of carboxylic acid groups (broad SMARTS) is 1. The number of ether oxygens (including phenoxy) is 1. The maximum atomic E-state index is 11.2. The van der Waals surface area contributed by atoms with Crippen molar-refractivity contribution in [2.75, 3.05) is 13.1 Å². The Kier molecular flexibility index (Phi) is 6.05. The number of hydrogen-bond donors (Lipinski definition) is 4. The van der Waals surface area contributed by atoms with Gasteiger partial charge in [0.2, 0.25) is 0 Å². The van der Waals surface area contributed by atoms with E-state index in [-0.39, 0.29) is 19.7 Å². The number of benzene rings is 1. The molecule has 1 aromatic carbocycles. The third kappa shape index (κ3) is 6.33. The Bertz CT molecular complexity index is 383. The summed E-state index contributed by atoms with van der Waals surface area (Å²) in [5, 5.41) is 10.7. The number of rotatable bonds is 6. The van der Waals surface area contributed by atoms with E-state index in [2.05, 4.69) is 10.7 Å². The standard InChI is InChI=1S/C11H15N3O4/c15-10(16)14-13-7-6-12-11(17)18-8-9-4-2-1-3-5-9/h1-5,13-14H,6-8H2,(H,12,17)(H,15,16). The first-order valence-electron chi connectivity index (χ1n) is 5.35. The molecular weight excluding hydrogens is 238 g/mol. The van der Waals surface area contributed by atoms with Gasteiger partial charge in [-0.15, -0.1) is 0 Å². The van der Waals surface area contributed by atoms with Crippen molar-refractivity contribution in [3.8, 4) is 0 Å². The van der Waals surface area contributed by atoms with Crippen molar-refractivity contribution in [1.82, 2.24) is 16.2 Å². The maximum Gasteiger partial charge on any atom is 0.419 e. The highest BCUT2D eigenvalue weighted by molar-refractivity contribution is 5.67. The van der Waals surface area contributed by atoms with Crippen LogP contribution in [0.1, 0.15) is 5.56 Å².